The predicted molar refractivity (Wildman–Crippen MR) is 84.1 cm³/mol. The van der Waals surface area contributed by atoms with Crippen LogP contribution in [0.25, 0.3) is 0 Å². The second-order valence-electron chi connectivity index (χ2n) is 6.80. The Morgan fingerprint density at radius 1 is 1.15 bits per heavy atom. The van der Waals surface area contributed by atoms with E-state index in [4.69, 9.17) is 4.74 Å². The molecule has 1 N–H and O–H groups in total. The standard InChI is InChI=1S/C16H33N3O/c1-13(2)19-9-10-20-16(12-19)11-18-7-5-15(6-8-18)14(3)17-4/h13-17H,5-12H2,1-4H3. The molecule has 2 saturated heterocycles. The van der Waals surface area contributed by atoms with E-state index in [2.05, 4.69) is 42.9 Å². The molecule has 0 aliphatic carbocycles. The Morgan fingerprint density at radius 2 is 1.85 bits per heavy atom. The minimum absolute atomic E-state index is 0.407. The summed E-state index contributed by atoms with van der Waals surface area (Å²) in [6.45, 7) is 13.6. The van der Waals surface area contributed by atoms with Crippen LogP contribution in [0.1, 0.15) is 33.6 Å². The molecule has 20 heavy (non-hydrogen) atoms. The summed E-state index contributed by atoms with van der Waals surface area (Å²) in [5, 5.41) is 3.40. The largest absolute Gasteiger partial charge is 0.374 e. The van der Waals surface area contributed by atoms with Crippen molar-refractivity contribution in [3.63, 3.8) is 0 Å². The highest BCUT2D eigenvalue weighted by Crippen LogP contribution is 2.21. The van der Waals surface area contributed by atoms with Crippen molar-refractivity contribution in [2.75, 3.05) is 46.4 Å². The molecular weight excluding hydrogens is 250 g/mol. The Kier molecular flexibility index (Phi) is 6.27. The van der Waals surface area contributed by atoms with Crippen molar-refractivity contribution < 1.29 is 4.74 Å². The minimum Gasteiger partial charge on any atom is -0.374 e. The number of nitrogens with zero attached hydrogens (tertiary/aromatic N) is 2. The molecule has 0 aromatic rings. The lowest BCUT2D eigenvalue weighted by atomic mass is 9.90. The molecule has 0 aromatic carbocycles. The van der Waals surface area contributed by atoms with E-state index >= 15 is 0 Å². The summed E-state index contributed by atoms with van der Waals surface area (Å²) in [7, 11) is 2.08. The first-order valence-electron chi connectivity index (χ1n) is 8.35. The van der Waals surface area contributed by atoms with Crippen LogP contribution in [0.2, 0.25) is 0 Å². The van der Waals surface area contributed by atoms with Gasteiger partial charge in [-0.05, 0) is 59.7 Å². The van der Waals surface area contributed by atoms with Gasteiger partial charge in [0, 0.05) is 31.7 Å². The van der Waals surface area contributed by atoms with Crippen LogP contribution in [0.5, 0.6) is 0 Å². The fourth-order valence-electron chi connectivity index (χ4n) is 3.48. The molecule has 0 saturated carbocycles. The molecular formula is C16H33N3O. The van der Waals surface area contributed by atoms with Crippen LogP contribution in [0.4, 0.5) is 0 Å². The van der Waals surface area contributed by atoms with Crippen LogP contribution in [0, 0.1) is 5.92 Å². The summed E-state index contributed by atoms with van der Waals surface area (Å²) in [6, 6.07) is 1.29. The van der Waals surface area contributed by atoms with Crippen LogP contribution >= 0.6 is 0 Å². The molecule has 0 radical (unpaired) electrons. The summed E-state index contributed by atoms with van der Waals surface area (Å²) in [5.41, 5.74) is 0. The number of nitrogens with one attached hydrogen (secondary N) is 1. The van der Waals surface area contributed by atoms with E-state index in [-0.39, 0.29) is 0 Å². The Morgan fingerprint density at radius 3 is 2.45 bits per heavy atom. The Hall–Kier alpha value is -0.160. The first kappa shape index (κ1) is 16.2. The van der Waals surface area contributed by atoms with Gasteiger partial charge in [-0.2, -0.15) is 0 Å². The van der Waals surface area contributed by atoms with E-state index in [0.29, 0.717) is 18.2 Å². The van der Waals surface area contributed by atoms with Crippen LogP contribution < -0.4 is 5.32 Å². The second-order valence-corrected chi connectivity index (χ2v) is 6.80. The molecule has 0 bridgehead atoms. The van der Waals surface area contributed by atoms with Gasteiger partial charge in [-0.15, -0.1) is 0 Å². The maximum Gasteiger partial charge on any atom is 0.0829 e. The highest BCUT2D eigenvalue weighted by molar-refractivity contribution is 4.82. The van der Waals surface area contributed by atoms with Crippen molar-refractivity contribution in [2.24, 2.45) is 5.92 Å². The summed E-state index contributed by atoms with van der Waals surface area (Å²) >= 11 is 0. The fourth-order valence-corrected chi connectivity index (χ4v) is 3.48. The molecule has 118 valence electrons. The van der Waals surface area contributed by atoms with E-state index < -0.39 is 0 Å². The van der Waals surface area contributed by atoms with Gasteiger partial charge in [0.05, 0.1) is 12.7 Å². The third-order valence-corrected chi connectivity index (χ3v) is 5.16. The van der Waals surface area contributed by atoms with Crippen molar-refractivity contribution in [1.29, 1.82) is 0 Å². The van der Waals surface area contributed by atoms with Crippen molar-refractivity contribution in [1.82, 2.24) is 15.1 Å². The van der Waals surface area contributed by atoms with Crippen molar-refractivity contribution in [3.8, 4) is 0 Å². The van der Waals surface area contributed by atoms with E-state index in [1.165, 1.54) is 25.9 Å². The zero-order valence-electron chi connectivity index (χ0n) is 13.8. The quantitative estimate of drug-likeness (QED) is 0.826. The highest BCUT2D eigenvalue weighted by atomic mass is 16.5. The summed E-state index contributed by atoms with van der Waals surface area (Å²) in [4.78, 5) is 5.15. The maximum absolute atomic E-state index is 5.96. The fraction of sp³-hybridized carbons (Fsp3) is 1.00. The summed E-state index contributed by atoms with van der Waals surface area (Å²) in [5.74, 6) is 0.843. The summed E-state index contributed by atoms with van der Waals surface area (Å²) in [6.07, 6.45) is 3.05. The van der Waals surface area contributed by atoms with Gasteiger partial charge in [0.15, 0.2) is 0 Å². The van der Waals surface area contributed by atoms with Crippen molar-refractivity contribution in [3.05, 3.63) is 0 Å². The molecule has 4 heteroatoms. The number of likely N-dealkylation sites (tertiary alicyclic amines) is 1. The van der Waals surface area contributed by atoms with Gasteiger partial charge in [0.25, 0.3) is 0 Å². The molecule has 2 fully saturated rings. The number of piperidine rings is 1. The van der Waals surface area contributed by atoms with E-state index in [1.807, 2.05) is 0 Å². The number of hydrogen-bond acceptors (Lipinski definition) is 4. The topological polar surface area (TPSA) is 27.7 Å². The van der Waals surface area contributed by atoms with Gasteiger partial charge < -0.3 is 15.0 Å². The average Bonchev–Trinajstić information content (AvgIpc) is 2.47. The van der Waals surface area contributed by atoms with Gasteiger partial charge in [0.1, 0.15) is 0 Å². The number of ether oxygens (including phenoxy) is 1. The lowest BCUT2D eigenvalue weighted by molar-refractivity contribution is -0.0554. The number of hydrogen-bond donors (Lipinski definition) is 1. The lowest BCUT2D eigenvalue weighted by Crippen LogP contribution is -2.51. The third-order valence-electron chi connectivity index (χ3n) is 5.16. The molecule has 2 rings (SSSR count). The number of morpholine rings is 1. The molecule has 2 unspecified atom stereocenters. The molecule has 0 aromatic heterocycles. The minimum atomic E-state index is 0.407. The maximum atomic E-state index is 5.96. The van der Waals surface area contributed by atoms with Crippen molar-refractivity contribution in [2.45, 2.75) is 51.8 Å². The SMILES string of the molecule is CNC(C)C1CCN(CC2CN(C(C)C)CCO2)CC1. The Balaban J connectivity index is 1.72. The zero-order valence-corrected chi connectivity index (χ0v) is 13.8. The molecule has 2 heterocycles. The molecule has 0 amide bonds. The van der Waals surface area contributed by atoms with Crippen LogP contribution in [0.3, 0.4) is 0 Å². The first-order valence-corrected chi connectivity index (χ1v) is 8.35. The predicted octanol–water partition coefficient (Wildman–Crippen LogP) is 1.42. The highest BCUT2D eigenvalue weighted by Gasteiger charge is 2.27. The third kappa shape index (κ3) is 4.42. The average molecular weight is 283 g/mol. The smallest absolute Gasteiger partial charge is 0.0829 e. The van der Waals surface area contributed by atoms with Gasteiger partial charge >= 0.3 is 0 Å². The van der Waals surface area contributed by atoms with E-state index in [9.17, 15) is 0 Å². The normalized spacial score (nSPS) is 28.9. The second kappa shape index (κ2) is 7.74. The van der Waals surface area contributed by atoms with Gasteiger partial charge in [-0.25, -0.2) is 0 Å². The Labute approximate surface area is 124 Å². The first-order chi connectivity index (χ1) is 9.60. The van der Waals surface area contributed by atoms with Crippen LogP contribution in [0.15, 0.2) is 0 Å². The van der Waals surface area contributed by atoms with Gasteiger partial charge in [0.2, 0.25) is 0 Å². The molecule has 4 nitrogen and oxygen atoms in total. The Bertz CT molecular complexity index is 277. The lowest BCUT2D eigenvalue weighted by Gasteiger charge is -2.40. The van der Waals surface area contributed by atoms with Crippen LogP contribution in [-0.2, 0) is 4.74 Å². The monoisotopic (exact) mass is 283 g/mol. The van der Waals surface area contributed by atoms with Gasteiger partial charge in [-0.3, -0.25) is 4.90 Å². The van der Waals surface area contributed by atoms with Crippen molar-refractivity contribution >= 4 is 0 Å². The zero-order chi connectivity index (χ0) is 14.5. The van der Waals surface area contributed by atoms with Crippen LogP contribution in [-0.4, -0.2) is 74.4 Å². The van der Waals surface area contributed by atoms with E-state index in [0.717, 1.165) is 32.2 Å². The van der Waals surface area contributed by atoms with E-state index in [1.54, 1.807) is 0 Å². The molecule has 2 atom stereocenters. The molecule has 2 aliphatic rings. The van der Waals surface area contributed by atoms with Gasteiger partial charge in [-0.1, -0.05) is 0 Å². The number of rotatable bonds is 5. The molecule has 2 aliphatic heterocycles. The summed E-state index contributed by atoms with van der Waals surface area (Å²) < 4.78 is 5.96. The molecule has 0 spiro atoms.